The number of nitrogens with zero attached hydrogens (tertiary/aromatic N) is 2. The smallest absolute Gasteiger partial charge is 0.251 e. The molecule has 1 heterocycles. The number of aromatic nitrogens is 1. The Hall–Kier alpha value is -2.67. The van der Waals surface area contributed by atoms with Crippen molar-refractivity contribution in [2.75, 3.05) is 18.9 Å². The highest BCUT2D eigenvalue weighted by Gasteiger charge is 2.30. The van der Waals surface area contributed by atoms with Gasteiger partial charge in [0.1, 0.15) is 0 Å². The zero-order valence-corrected chi connectivity index (χ0v) is 14.4. The van der Waals surface area contributed by atoms with Gasteiger partial charge in [0.15, 0.2) is 0 Å². The van der Waals surface area contributed by atoms with Crippen molar-refractivity contribution < 1.29 is 14.1 Å². The van der Waals surface area contributed by atoms with Crippen LogP contribution >= 0.6 is 0 Å². The summed E-state index contributed by atoms with van der Waals surface area (Å²) in [5.41, 5.74) is 2.43. The predicted octanol–water partition coefficient (Wildman–Crippen LogP) is 1.95. The number of hydrogen-bond acceptors (Lipinski definition) is 5. The van der Waals surface area contributed by atoms with E-state index in [1.54, 1.807) is 32.2 Å². The van der Waals surface area contributed by atoms with Crippen LogP contribution in [-0.4, -0.2) is 41.5 Å². The van der Waals surface area contributed by atoms with Crippen molar-refractivity contribution in [2.45, 2.75) is 32.4 Å². The SMILES string of the molecule is CNC(=O)c1ccc(CN(CC(=O)Nc2cc(C)no2)C2CC2)cc1. The Balaban J connectivity index is 1.59. The lowest BCUT2D eigenvalue weighted by atomic mass is 10.1. The molecule has 0 saturated heterocycles. The number of benzene rings is 1. The van der Waals surface area contributed by atoms with Crippen molar-refractivity contribution in [1.29, 1.82) is 0 Å². The van der Waals surface area contributed by atoms with Gasteiger partial charge in [-0.1, -0.05) is 17.3 Å². The van der Waals surface area contributed by atoms with Gasteiger partial charge in [-0.2, -0.15) is 0 Å². The van der Waals surface area contributed by atoms with Crippen molar-refractivity contribution in [3.63, 3.8) is 0 Å². The number of carbonyl (C=O) groups excluding carboxylic acids is 2. The summed E-state index contributed by atoms with van der Waals surface area (Å²) in [7, 11) is 1.61. The van der Waals surface area contributed by atoms with Crippen LogP contribution in [-0.2, 0) is 11.3 Å². The highest BCUT2D eigenvalue weighted by Crippen LogP contribution is 2.28. The van der Waals surface area contributed by atoms with Gasteiger partial charge in [0, 0.05) is 31.3 Å². The average molecular weight is 342 g/mol. The van der Waals surface area contributed by atoms with Gasteiger partial charge in [0.2, 0.25) is 11.8 Å². The summed E-state index contributed by atoms with van der Waals surface area (Å²) in [5, 5.41) is 9.09. The molecule has 0 aliphatic heterocycles. The van der Waals surface area contributed by atoms with Gasteiger partial charge in [0.25, 0.3) is 5.91 Å². The molecule has 1 saturated carbocycles. The number of hydrogen-bond donors (Lipinski definition) is 2. The molecular formula is C18H22N4O3. The Morgan fingerprint density at radius 1 is 1.28 bits per heavy atom. The van der Waals surface area contributed by atoms with E-state index in [0.29, 0.717) is 30.6 Å². The summed E-state index contributed by atoms with van der Waals surface area (Å²) in [6.45, 7) is 2.77. The van der Waals surface area contributed by atoms with Crippen LogP contribution in [0.15, 0.2) is 34.9 Å². The van der Waals surface area contributed by atoms with E-state index in [-0.39, 0.29) is 11.8 Å². The summed E-state index contributed by atoms with van der Waals surface area (Å²) in [4.78, 5) is 26.0. The fourth-order valence-corrected chi connectivity index (χ4v) is 2.68. The van der Waals surface area contributed by atoms with Crippen molar-refractivity contribution >= 4 is 17.7 Å². The van der Waals surface area contributed by atoms with Crippen LogP contribution in [0.4, 0.5) is 5.88 Å². The monoisotopic (exact) mass is 342 g/mol. The molecule has 3 rings (SSSR count). The van der Waals surface area contributed by atoms with E-state index >= 15 is 0 Å². The van der Waals surface area contributed by atoms with Crippen LogP contribution in [0.3, 0.4) is 0 Å². The molecule has 1 aromatic heterocycles. The fourth-order valence-electron chi connectivity index (χ4n) is 2.68. The minimum absolute atomic E-state index is 0.104. The Labute approximate surface area is 146 Å². The van der Waals surface area contributed by atoms with E-state index in [0.717, 1.165) is 24.1 Å². The molecule has 2 N–H and O–H groups in total. The summed E-state index contributed by atoms with van der Waals surface area (Å²) in [5.74, 6) is 0.144. The Morgan fingerprint density at radius 3 is 2.56 bits per heavy atom. The van der Waals surface area contributed by atoms with Crippen molar-refractivity contribution in [2.24, 2.45) is 0 Å². The lowest BCUT2D eigenvalue weighted by Crippen LogP contribution is -2.34. The minimum Gasteiger partial charge on any atom is -0.355 e. The topological polar surface area (TPSA) is 87.5 Å². The second-order valence-electron chi connectivity index (χ2n) is 6.29. The number of amides is 2. The van der Waals surface area contributed by atoms with Crippen molar-refractivity contribution in [3.8, 4) is 0 Å². The molecule has 1 aliphatic rings. The van der Waals surface area contributed by atoms with Gasteiger partial charge in [0.05, 0.1) is 12.2 Å². The molecular weight excluding hydrogens is 320 g/mol. The van der Waals surface area contributed by atoms with E-state index in [1.165, 1.54) is 0 Å². The standard InChI is InChI=1S/C18H22N4O3/c1-12-9-17(25-21-12)20-16(23)11-22(15-7-8-15)10-13-3-5-14(6-4-13)18(24)19-2/h3-6,9,15H,7-8,10-11H2,1-2H3,(H,19,24)(H,20,23). The predicted molar refractivity (Wildman–Crippen MR) is 93.1 cm³/mol. The molecule has 1 aromatic carbocycles. The van der Waals surface area contributed by atoms with Gasteiger partial charge in [-0.05, 0) is 37.5 Å². The molecule has 7 nitrogen and oxygen atoms in total. The maximum absolute atomic E-state index is 12.2. The molecule has 2 aromatic rings. The first-order chi connectivity index (χ1) is 12.0. The first kappa shape index (κ1) is 17.2. The quantitative estimate of drug-likeness (QED) is 0.803. The van der Waals surface area contributed by atoms with Crippen molar-refractivity contribution in [1.82, 2.24) is 15.4 Å². The molecule has 132 valence electrons. The summed E-state index contributed by atoms with van der Waals surface area (Å²) in [6.07, 6.45) is 2.20. The molecule has 7 heteroatoms. The number of nitrogens with one attached hydrogen (secondary N) is 2. The number of rotatable bonds is 7. The summed E-state index contributed by atoms with van der Waals surface area (Å²) in [6, 6.07) is 9.58. The van der Waals surface area contributed by atoms with E-state index < -0.39 is 0 Å². The van der Waals surface area contributed by atoms with E-state index in [1.807, 2.05) is 12.1 Å². The maximum Gasteiger partial charge on any atom is 0.251 e. The van der Waals surface area contributed by atoms with Crippen LogP contribution in [0.1, 0.15) is 34.5 Å². The fraction of sp³-hybridized carbons (Fsp3) is 0.389. The second kappa shape index (κ2) is 7.48. The third-order valence-corrected chi connectivity index (χ3v) is 4.13. The minimum atomic E-state index is -0.120. The van der Waals surface area contributed by atoms with Gasteiger partial charge >= 0.3 is 0 Å². The van der Waals surface area contributed by atoms with Crippen LogP contribution in [0.25, 0.3) is 0 Å². The molecule has 0 atom stereocenters. The van der Waals surface area contributed by atoms with Gasteiger partial charge < -0.3 is 9.84 Å². The zero-order valence-electron chi connectivity index (χ0n) is 14.4. The number of aryl methyl sites for hydroxylation is 1. The van der Waals surface area contributed by atoms with E-state index in [2.05, 4.69) is 20.7 Å². The molecule has 0 spiro atoms. The van der Waals surface area contributed by atoms with Crippen molar-refractivity contribution in [3.05, 3.63) is 47.2 Å². The Bertz CT molecular complexity index is 750. The van der Waals surface area contributed by atoms with Crippen LogP contribution in [0.5, 0.6) is 0 Å². The summed E-state index contributed by atoms with van der Waals surface area (Å²) < 4.78 is 5.02. The highest BCUT2D eigenvalue weighted by molar-refractivity contribution is 5.94. The molecule has 1 fully saturated rings. The van der Waals surface area contributed by atoms with Gasteiger partial charge in [-0.15, -0.1) is 0 Å². The van der Waals surface area contributed by atoms with Crippen LogP contribution in [0.2, 0.25) is 0 Å². The number of anilines is 1. The third kappa shape index (κ3) is 4.67. The second-order valence-corrected chi connectivity index (χ2v) is 6.29. The molecule has 2 amide bonds. The Kier molecular flexibility index (Phi) is 5.14. The summed E-state index contributed by atoms with van der Waals surface area (Å²) >= 11 is 0. The maximum atomic E-state index is 12.2. The normalized spacial score (nSPS) is 13.7. The molecule has 1 aliphatic carbocycles. The molecule has 0 bridgehead atoms. The third-order valence-electron chi connectivity index (χ3n) is 4.13. The van der Waals surface area contributed by atoms with Gasteiger partial charge in [-0.3, -0.25) is 19.8 Å². The lowest BCUT2D eigenvalue weighted by Gasteiger charge is -2.21. The Morgan fingerprint density at radius 2 is 2.00 bits per heavy atom. The highest BCUT2D eigenvalue weighted by atomic mass is 16.5. The lowest BCUT2D eigenvalue weighted by molar-refractivity contribution is -0.117. The average Bonchev–Trinajstić information content (AvgIpc) is 3.37. The van der Waals surface area contributed by atoms with E-state index in [9.17, 15) is 9.59 Å². The first-order valence-electron chi connectivity index (χ1n) is 8.33. The molecule has 0 radical (unpaired) electrons. The zero-order chi connectivity index (χ0) is 17.8. The molecule has 25 heavy (non-hydrogen) atoms. The molecule has 0 unspecified atom stereocenters. The van der Waals surface area contributed by atoms with Gasteiger partial charge in [-0.25, -0.2) is 0 Å². The largest absolute Gasteiger partial charge is 0.355 e. The first-order valence-corrected chi connectivity index (χ1v) is 8.33. The van der Waals surface area contributed by atoms with Crippen LogP contribution in [0, 0.1) is 6.92 Å². The van der Waals surface area contributed by atoms with Crippen LogP contribution < -0.4 is 10.6 Å². The number of carbonyl (C=O) groups is 2. The van der Waals surface area contributed by atoms with E-state index in [4.69, 9.17) is 4.52 Å².